The predicted molar refractivity (Wildman–Crippen MR) is 89.1 cm³/mol. The first-order valence-electron chi connectivity index (χ1n) is 7.62. The van der Waals surface area contributed by atoms with E-state index >= 15 is 0 Å². The fourth-order valence-corrected chi connectivity index (χ4v) is 1.77. The summed E-state index contributed by atoms with van der Waals surface area (Å²) in [4.78, 5) is 11.7. The minimum Gasteiger partial charge on any atom is -0.493 e. The van der Waals surface area contributed by atoms with Gasteiger partial charge in [0.15, 0.2) is 0 Å². The van der Waals surface area contributed by atoms with Gasteiger partial charge in [0, 0.05) is 5.57 Å². The molecule has 0 spiro atoms. The summed E-state index contributed by atoms with van der Waals surface area (Å²) in [5.41, 5.74) is 3.12. The quantitative estimate of drug-likeness (QED) is 0.417. The van der Waals surface area contributed by atoms with Gasteiger partial charge in [0.25, 0.3) is 0 Å². The van der Waals surface area contributed by atoms with Crippen molar-refractivity contribution in [3.8, 4) is 0 Å². The van der Waals surface area contributed by atoms with Gasteiger partial charge in [0.05, 0.1) is 12.2 Å². The highest BCUT2D eigenvalue weighted by atomic mass is 16.5. The van der Waals surface area contributed by atoms with E-state index in [0.29, 0.717) is 5.76 Å². The summed E-state index contributed by atoms with van der Waals surface area (Å²) >= 11 is 0. The second-order valence-corrected chi connectivity index (χ2v) is 5.72. The molecule has 1 rings (SSSR count). The summed E-state index contributed by atoms with van der Waals surface area (Å²) in [6, 6.07) is 8.23. The molecule has 120 valence electrons. The number of benzene rings is 1. The van der Waals surface area contributed by atoms with Crippen LogP contribution in [0.5, 0.6) is 0 Å². The van der Waals surface area contributed by atoms with E-state index in [1.54, 1.807) is 12.3 Å². The summed E-state index contributed by atoms with van der Waals surface area (Å²) < 4.78 is 11.1. The van der Waals surface area contributed by atoms with E-state index in [9.17, 15) is 4.79 Å². The van der Waals surface area contributed by atoms with Crippen LogP contribution in [0.1, 0.15) is 51.8 Å². The summed E-state index contributed by atoms with van der Waals surface area (Å²) in [5, 5.41) is 0. The van der Waals surface area contributed by atoms with Gasteiger partial charge in [-0.1, -0.05) is 43.7 Å². The van der Waals surface area contributed by atoms with Gasteiger partial charge in [-0.3, -0.25) is 4.79 Å². The Morgan fingerprint density at radius 1 is 1.14 bits per heavy atom. The highest BCUT2D eigenvalue weighted by Gasteiger charge is 2.13. The van der Waals surface area contributed by atoms with Crippen LogP contribution in [0.3, 0.4) is 0 Å². The number of esters is 1. The zero-order chi connectivity index (χ0) is 16.7. The molecule has 0 saturated heterocycles. The molecule has 0 heterocycles. The Balaban J connectivity index is 2.70. The first-order valence-corrected chi connectivity index (χ1v) is 7.62. The van der Waals surface area contributed by atoms with Crippen LogP contribution in [-0.4, -0.2) is 5.97 Å². The number of hydrogen-bond acceptors (Lipinski definition) is 3. The van der Waals surface area contributed by atoms with Crippen LogP contribution in [-0.2, 0) is 14.3 Å². The lowest BCUT2D eigenvalue weighted by Crippen LogP contribution is -2.12. The molecule has 1 aromatic carbocycles. The van der Waals surface area contributed by atoms with E-state index in [1.165, 1.54) is 5.56 Å². The van der Waals surface area contributed by atoms with Crippen molar-refractivity contribution in [3.63, 3.8) is 0 Å². The van der Waals surface area contributed by atoms with Crippen LogP contribution in [0.4, 0.5) is 0 Å². The monoisotopic (exact) mass is 302 g/mol. The van der Waals surface area contributed by atoms with Crippen LogP contribution >= 0.6 is 0 Å². The van der Waals surface area contributed by atoms with Crippen LogP contribution in [0.25, 0.3) is 0 Å². The van der Waals surface area contributed by atoms with Crippen LogP contribution in [0.2, 0.25) is 0 Å². The lowest BCUT2D eigenvalue weighted by Gasteiger charge is -2.15. The van der Waals surface area contributed by atoms with Crippen molar-refractivity contribution in [1.29, 1.82) is 0 Å². The van der Waals surface area contributed by atoms with Crippen molar-refractivity contribution < 1.29 is 14.3 Å². The van der Waals surface area contributed by atoms with Gasteiger partial charge in [-0.15, -0.1) is 0 Å². The molecule has 3 nitrogen and oxygen atoms in total. The minimum absolute atomic E-state index is 0.0607. The third-order valence-electron chi connectivity index (χ3n) is 3.33. The van der Waals surface area contributed by atoms with Crippen molar-refractivity contribution in [2.45, 2.75) is 47.6 Å². The number of hydrogen-bond donors (Lipinski definition) is 0. The number of rotatable bonds is 6. The van der Waals surface area contributed by atoms with E-state index in [2.05, 4.69) is 31.2 Å². The van der Waals surface area contributed by atoms with E-state index in [1.807, 2.05) is 34.6 Å². The van der Waals surface area contributed by atoms with Gasteiger partial charge in [-0.2, -0.15) is 0 Å². The molecule has 0 saturated carbocycles. The molecule has 0 radical (unpaired) electrons. The van der Waals surface area contributed by atoms with Gasteiger partial charge in [-0.25, -0.2) is 0 Å². The zero-order valence-electron chi connectivity index (χ0n) is 14.3. The highest BCUT2D eigenvalue weighted by molar-refractivity contribution is 5.73. The molecule has 0 aliphatic rings. The Morgan fingerprint density at radius 2 is 1.73 bits per heavy atom. The van der Waals surface area contributed by atoms with Crippen LogP contribution < -0.4 is 0 Å². The Kier molecular flexibility index (Phi) is 6.90. The van der Waals surface area contributed by atoms with Crippen LogP contribution in [0.15, 0.2) is 47.9 Å². The van der Waals surface area contributed by atoms with Gasteiger partial charge < -0.3 is 9.47 Å². The van der Waals surface area contributed by atoms with Crippen molar-refractivity contribution in [1.82, 2.24) is 0 Å². The summed E-state index contributed by atoms with van der Waals surface area (Å²) in [7, 11) is 0. The molecule has 1 atom stereocenters. The molecule has 0 unspecified atom stereocenters. The van der Waals surface area contributed by atoms with Crippen molar-refractivity contribution in [2.24, 2.45) is 5.92 Å². The molecule has 0 aliphatic heterocycles. The second kappa shape index (κ2) is 8.42. The van der Waals surface area contributed by atoms with E-state index in [-0.39, 0.29) is 18.0 Å². The predicted octanol–water partition coefficient (Wildman–Crippen LogP) is 5.08. The molecule has 3 heteroatoms. The number of carbonyl (C=O) groups excluding carboxylic acids is 1. The van der Waals surface area contributed by atoms with Gasteiger partial charge >= 0.3 is 5.97 Å². The number of ether oxygens (including phenoxy) is 2. The maximum Gasteiger partial charge on any atom is 0.313 e. The van der Waals surface area contributed by atoms with Crippen molar-refractivity contribution >= 4 is 5.97 Å². The SMILES string of the molecule is C/C=C(OC(=O)C(C)C)/C(C)=C/O[C@H](C)c1ccc(C)cc1. The molecule has 0 bridgehead atoms. The molecular weight excluding hydrogens is 276 g/mol. The lowest BCUT2D eigenvalue weighted by molar-refractivity contribution is -0.142. The fourth-order valence-electron chi connectivity index (χ4n) is 1.77. The Labute approximate surface area is 133 Å². The third-order valence-corrected chi connectivity index (χ3v) is 3.33. The van der Waals surface area contributed by atoms with Gasteiger partial charge in [-0.05, 0) is 39.3 Å². The lowest BCUT2D eigenvalue weighted by atomic mass is 10.1. The molecule has 1 aromatic rings. The molecule has 0 aliphatic carbocycles. The highest BCUT2D eigenvalue weighted by Crippen LogP contribution is 2.20. The zero-order valence-corrected chi connectivity index (χ0v) is 14.3. The second-order valence-electron chi connectivity index (χ2n) is 5.72. The molecule has 0 aromatic heterocycles. The van der Waals surface area contributed by atoms with E-state index in [4.69, 9.17) is 9.47 Å². The van der Waals surface area contributed by atoms with Gasteiger partial charge in [0.1, 0.15) is 11.9 Å². The van der Waals surface area contributed by atoms with Gasteiger partial charge in [0.2, 0.25) is 0 Å². The summed E-state index contributed by atoms with van der Waals surface area (Å²) in [6.45, 7) is 11.4. The molecular formula is C19H26O3. The minimum atomic E-state index is -0.243. The Bertz CT molecular complexity index is 551. The third kappa shape index (κ3) is 5.40. The molecule has 0 amide bonds. The number of carbonyl (C=O) groups is 1. The van der Waals surface area contributed by atoms with E-state index < -0.39 is 0 Å². The summed E-state index contributed by atoms with van der Waals surface area (Å²) in [6.07, 6.45) is 3.36. The molecule has 0 N–H and O–H groups in total. The van der Waals surface area contributed by atoms with Crippen molar-refractivity contribution in [2.75, 3.05) is 0 Å². The normalized spacial score (nSPS) is 14.0. The standard InChI is InChI=1S/C19H26O3/c1-7-18(22-19(20)13(2)3)15(5)12-21-16(6)17-10-8-14(4)9-11-17/h7-13,16H,1-6H3/b15-12+,18-7-/t16-/m1/s1. The average Bonchev–Trinajstić information content (AvgIpc) is 2.50. The Hall–Kier alpha value is -2.03. The molecule has 22 heavy (non-hydrogen) atoms. The fraction of sp³-hybridized carbons (Fsp3) is 0.421. The molecule has 0 fully saturated rings. The first kappa shape index (κ1) is 18.0. The Morgan fingerprint density at radius 3 is 2.23 bits per heavy atom. The maximum absolute atomic E-state index is 11.7. The average molecular weight is 302 g/mol. The number of aryl methyl sites for hydroxylation is 1. The topological polar surface area (TPSA) is 35.5 Å². The maximum atomic E-state index is 11.7. The van der Waals surface area contributed by atoms with Crippen LogP contribution in [0, 0.1) is 12.8 Å². The first-order chi connectivity index (χ1) is 10.3. The largest absolute Gasteiger partial charge is 0.493 e. The van der Waals surface area contributed by atoms with Crippen molar-refractivity contribution in [3.05, 3.63) is 59.1 Å². The summed E-state index contributed by atoms with van der Waals surface area (Å²) in [5.74, 6) is 0.136. The smallest absolute Gasteiger partial charge is 0.313 e. The number of allylic oxidation sites excluding steroid dienone is 2. The van der Waals surface area contributed by atoms with E-state index in [0.717, 1.165) is 11.1 Å².